The van der Waals surface area contributed by atoms with Crippen LogP contribution in [0.1, 0.15) is 27.2 Å². The van der Waals surface area contributed by atoms with Crippen molar-refractivity contribution >= 4 is 31.2 Å². The first kappa shape index (κ1) is 16.7. The maximum absolute atomic E-state index is 15.3. The molecule has 114 valence electrons. The van der Waals surface area contributed by atoms with Crippen LogP contribution in [0.3, 0.4) is 0 Å². The van der Waals surface area contributed by atoms with Gasteiger partial charge in [0.1, 0.15) is 0 Å². The fraction of sp³-hybridized carbons (Fsp3) is 0.533. The predicted octanol–water partition coefficient (Wildman–Crippen LogP) is 3.51. The Labute approximate surface area is 133 Å². The Hall–Kier alpha value is -0.631. The van der Waals surface area contributed by atoms with Crippen molar-refractivity contribution in [2.45, 2.75) is 47.2 Å². The fourth-order valence-electron chi connectivity index (χ4n) is 2.30. The number of nitriles is 1. The van der Waals surface area contributed by atoms with Gasteiger partial charge in [0.15, 0.2) is 0 Å². The summed E-state index contributed by atoms with van der Waals surface area (Å²) in [7, 11) is 0. The minimum absolute atomic E-state index is 0.462. The molecule has 0 amide bonds. The average Bonchev–Trinajstić information content (AvgIpc) is 2.36. The summed E-state index contributed by atoms with van der Waals surface area (Å²) in [6, 6.07) is 10.3. The number of benzene rings is 1. The van der Waals surface area contributed by atoms with Gasteiger partial charge in [-0.1, -0.05) is 0 Å². The van der Waals surface area contributed by atoms with Crippen LogP contribution >= 0.6 is 11.8 Å². The van der Waals surface area contributed by atoms with Gasteiger partial charge in [0.25, 0.3) is 0 Å². The average molecular weight is 378 g/mol. The molecule has 0 aliphatic heterocycles. The number of hydrogen-bond donors (Lipinski definition) is 0. The van der Waals surface area contributed by atoms with Crippen LogP contribution in [0.25, 0.3) is 0 Å². The SMILES string of the molecule is CC(C)(C)S[C@]1(C#N)CC(F)(F)[C@]1(F)[Se]c1ccccc1. The van der Waals surface area contributed by atoms with Crippen LogP contribution in [0.4, 0.5) is 13.2 Å². The molecule has 0 spiro atoms. The topological polar surface area (TPSA) is 23.8 Å². The fourth-order valence-corrected chi connectivity index (χ4v) is 6.75. The number of rotatable bonds is 3. The van der Waals surface area contributed by atoms with Gasteiger partial charge in [-0.15, -0.1) is 0 Å². The van der Waals surface area contributed by atoms with Gasteiger partial charge in [0.05, 0.1) is 0 Å². The molecule has 2 atom stereocenters. The zero-order chi connectivity index (χ0) is 15.9. The van der Waals surface area contributed by atoms with E-state index < -0.39 is 41.4 Å². The molecule has 0 radical (unpaired) electrons. The Morgan fingerprint density at radius 1 is 1.19 bits per heavy atom. The molecule has 6 heteroatoms. The van der Waals surface area contributed by atoms with Gasteiger partial charge in [0, 0.05) is 0 Å². The molecule has 1 nitrogen and oxygen atoms in total. The van der Waals surface area contributed by atoms with Gasteiger partial charge >= 0.3 is 133 Å². The van der Waals surface area contributed by atoms with Crippen LogP contribution in [-0.2, 0) is 0 Å². The van der Waals surface area contributed by atoms with E-state index in [1.165, 1.54) is 0 Å². The number of alkyl halides is 3. The third-order valence-electron chi connectivity index (χ3n) is 3.12. The van der Waals surface area contributed by atoms with Crippen molar-refractivity contribution in [3.8, 4) is 6.07 Å². The van der Waals surface area contributed by atoms with Crippen molar-refractivity contribution in [1.82, 2.24) is 0 Å². The van der Waals surface area contributed by atoms with E-state index in [9.17, 15) is 14.0 Å². The first-order valence-electron chi connectivity index (χ1n) is 6.47. The molecule has 2 rings (SSSR count). The van der Waals surface area contributed by atoms with Crippen LogP contribution in [-0.4, -0.2) is 34.9 Å². The van der Waals surface area contributed by atoms with Gasteiger partial charge < -0.3 is 0 Å². The number of halogens is 3. The third-order valence-corrected chi connectivity index (χ3v) is 7.91. The number of thioether (sulfide) groups is 1. The molecule has 0 unspecified atom stereocenters. The molecule has 1 fully saturated rings. The monoisotopic (exact) mass is 379 g/mol. The Kier molecular flexibility index (Phi) is 4.16. The van der Waals surface area contributed by atoms with Gasteiger partial charge in [0.2, 0.25) is 0 Å². The van der Waals surface area contributed by atoms with E-state index >= 15 is 4.39 Å². The van der Waals surface area contributed by atoms with Gasteiger partial charge in [-0.25, -0.2) is 0 Å². The van der Waals surface area contributed by atoms with Crippen LogP contribution in [0.15, 0.2) is 30.3 Å². The van der Waals surface area contributed by atoms with Crippen molar-refractivity contribution in [2.24, 2.45) is 0 Å². The first-order chi connectivity index (χ1) is 9.55. The summed E-state index contributed by atoms with van der Waals surface area (Å²) in [5.74, 6) is -3.45. The van der Waals surface area contributed by atoms with Crippen LogP contribution in [0.5, 0.6) is 0 Å². The van der Waals surface area contributed by atoms with Gasteiger partial charge in [-0.3, -0.25) is 0 Å². The summed E-state index contributed by atoms with van der Waals surface area (Å²) in [5, 5.41) is 9.41. The molecule has 0 saturated heterocycles. The van der Waals surface area contributed by atoms with E-state index in [2.05, 4.69) is 0 Å². The van der Waals surface area contributed by atoms with E-state index in [0.717, 1.165) is 11.8 Å². The predicted molar refractivity (Wildman–Crippen MR) is 80.9 cm³/mol. The Balaban J connectivity index is 2.38. The molecule has 0 bridgehead atoms. The minimum atomic E-state index is -3.45. The summed E-state index contributed by atoms with van der Waals surface area (Å²) >= 11 is -0.102. The Morgan fingerprint density at radius 3 is 2.19 bits per heavy atom. The molecule has 1 aromatic rings. The van der Waals surface area contributed by atoms with E-state index in [4.69, 9.17) is 0 Å². The molecule has 1 saturated carbocycles. The van der Waals surface area contributed by atoms with E-state index in [1.807, 2.05) is 26.8 Å². The van der Waals surface area contributed by atoms with Crippen LogP contribution < -0.4 is 4.46 Å². The van der Waals surface area contributed by atoms with Crippen molar-refractivity contribution in [3.05, 3.63) is 30.3 Å². The van der Waals surface area contributed by atoms with E-state index in [1.54, 1.807) is 30.3 Å². The second-order valence-electron chi connectivity index (χ2n) is 6.04. The second kappa shape index (κ2) is 5.22. The zero-order valence-electron chi connectivity index (χ0n) is 12.0. The molecule has 1 aliphatic rings. The summed E-state index contributed by atoms with van der Waals surface area (Å²) in [5.41, 5.74) is 0. The van der Waals surface area contributed by atoms with Crippen LogP contribution in [0, 0.1) is 11.3 Å². The molecule has 0 aromatic heterocycles. The van der Waals surface area contributed by atoms with Gasteiger partial charge in [-0.05, 0) is 0 Å². The van der Waals surface area contributed by atoms with E-state index in [-0.39, 0.29) is 0 Å². The third kappa shape index (κ3) is 2.84. The summed E-state index contributed by atoms with van der Waals surface area (Å²) in [6.45, 7) is 5.43. The Bertz CT molecular complexity index is 567. The normalized spacial score (nSPS) is 31.3. The first-order valence-corrected chi connectivity index (χ1v) is 9.00. The standard InChI is InChI=1S/C15H16F3NSSe/c1-12(2,3)20-13(10-19)9-14(16,17)15(13,18)21-11-7-5-4-6-8-11/h4-8H,9H2,1-3H3/t13-,15+/m0/s1. The zero-order valence-corrected chi connectivity index (χ0v) is 14.5. The molecule has 0 heterocycles. The molecule has 1 aliphatic carbocycles. The molecular formula is C15H16F3NSSe. The summed E-state index contributed by atoms with van der Waals surface area (Å²) in [4.78, 5) is 0. The molecule has 21 heavy (non-hydrogen) atoms. The quantitative estimate of drug-likeness (QED) is 0.752. The number of nitrogens with zero attached hydrogens (tertiary/aromatic N) is 1. The number of hydrogen-bond acceptors (Lipinski definition) is 2. The molecule has 1 aromatic carbocycles. The maximum atomic E-state index is 15.3. The second-order valence-corrected chi connectivity index (χ2v) is 10.8. The summed E-state index contributed by atoms with van der Waals surface area (Å²) < 4.78 is 38.9. The van der Waals surface area contributed by atoms with Crippen molar-refractivity contribution in [1.29, 1.82) is 5.26 Å². The van der Waals surface area contributed by atoms with E-state index in [0.29, 0.717) is 4.46 Å². The van der Waals surface area contributed by atoms with Crippen LogP contribution in [0.2, 0.25) is 0 Å². The van der Waals surface area contributed by atoms with Crippen molar-refractivity contribution < 1.29 is 13.2 Å². The van der Waals surface area contributed by atoms with Crippen molar-refractivity contribution in [2.75, 3.05) is 0 Å². The van der Waals surface area contributed by atoms with Gasteiger partial charge in [-0.2, -0.15) is 0 Å². The summed E-state index contributed by atoms with van der Waals surface area (Å²) in [6.07, 6.45) is -0.719. The van der Waals surface area contributed by atoms with Crippen molar-refractivity contribution in [3.63, 3.8) is 0 Å². The molecular weight excluding hydrogens is 362 g/mol. The molecule has 0 N–H and O–H groups in total. The Morgan fingerprint density at radius 2 is 1.76 bits per heavy atom.